The smallest absolute Gasteiger partial charge is 0.462 e. The molecule has 0 radical (unpaired) electrons. The van der Waals surface area contributed by atoms with Crippen LogP contribution in [0.3, 0.4) is 0 Å². The van der Waals surface area contributed by atoms with Crippen LogP contribution >= 0.6 is 7.82 Å². The summed E-state index contributed by atoms with van der Waals surface area (Å²) in [5.74, 6) is -1.10. The Morgan fingerprint density at radius 3 is 1.73 bits per heavy atom. The van der Waals surface area contributed by atoms with Crippen molar-refractivity contribution in [3.05, 3.63) is 109 Å². The first-order valence-corrected chi connectivity index (χ1v) is 21.8. The van der Waals surface area contributed by atoms with Crippen molar-refractivity contribution in [2.24, 2.45) is 0 Å². The molecule has 3 N–H and O–H groups in total. The van der Waals surface area contributed by atoms with Crippen LogP contribution in [0.1, 0.15) is 136 Å². The van der Waals surface area contributed by atoms with Crippen molar-refractivity contribution in [1.29, 1.82) is 0 Å². The van der Waals surface area contributed by atoms with E-state index in [1.54, 1.807) is 24.3 Å². The molecule has 0 bridgehead atoms. The molecule has 10 heteroatoms. The number of hydrogen-bond donors (Lipinski definition) is 3. The lowest BCUT2D eigenvalue weighted by atomic mass is 10.1. The van der Waals surface area contributed by atoms with E-state index in [-0.39, 0.29) is 19.4 Å². The summed E-state index contributed by atoms with van der Waals surface area (Å²) < 4.78 is 26.2. The SMILES string of the molecule is CC/C=C\C/C=C\C/C=C\C/C=C\C=C/C(O)C/C=C\CCC(=O)OC[C@H](COP(=O)(O)O)OC(=O)CCCCCC/C=C\C/C=C\C/C=C\CCCCC. The predicted octanol–water partition coefficient (Wildman–Crippen LogP) is 11.4. The summed E-state index contributed by atoms with van der Waals surface area (Å²) in [5, 5.41) is 10.1. The molecule has 0 aromatic rings. The molecule has 0 aliphatic heterocycles. The Balaban J connectivity index is 4.23. The molecule has 0 fully saturated rings. The third kappa shape index (κ3) is 41.7. The van der Waals surface area contributed by atoms with Gasteiger partial charge < -0.3 is 24.4 Å². The minimum Gasteiger partial charge on any atom is -0.462 e. The monoisotopic (exact) mass is 786 g/mol. The van der Waals surface area contributed by atoms with Gasteiger partial charge in [-0.3, -0.25) is 14.1 Å². The van der Waals surface area contributed by atoms with Crippen LogP contribution in [-0.4, -0.2) is 52.3 Å². The number of aliphatic hydroxyl groups excluding tert-OH is 1. The molecule has 0 heterocycles. The highest BCUT2D eigenvalue weighted by molar-refractivity contribution is 7.46. The summed E-state index contributed by atoms with van der Waals surface area (Å²) in [6, 6.07) is 0. The van der Waals surface area contributed by atoms with Crippen molar-refractivity contribution in [2.45, 2.75) is 148 Å². The van der Waals surface area contributed by atoms with Crippen molar-refractivity contribution in [1.82, 2.24) is 0 Å². The zero-order valence-corrected chi connectivity index (χ0v) is 34.5. The van der Waals surface area contributed by atoms with Gasteiger partial charge in [0, 0.05) is 12.8 Å². The first-order valence-electron chi connectivity index (χ1n) is 20.3. The quantitative estimate of drug-likeness (QED) is 0.0188. The molecule has 0 amide bonds. The van der Waals surface area contributed by atoms with Crippen LogP contribution < -0.4 is 0 Å². The molecule has 0 aromatic heterocycles. The third-order valence-corrected chi connectivity index (χ3v) is 8.35. The Morgan fingerprint density at radius 1 is 0.582 bits per heavy atom. The third-order valence-electron chi connectivity index (χ3n) is 7.87. The molecule has 0 saturated heterocycles. The number of phosphoric ester groups is 1. The normalized spacial score (nSPS) is 14.2. The number of aliphatic hydroxyl groups is 1. The van der Waals surface area contributed by atoms with Gasteiger partial charge in [0.15, 0.2) is 6.10 Å². The van der Waals surface area contributed by atoms with E-state index in [0.717, 1.165) is 70.6 Å². The number of allylic oxidation sites excluding steroid dienone is 16. The van der Waals surface area contributed by atoms with E-state index in [2.05, 4.69) is 91.3 Å². The second-order valence-electron chi connectivity index (χ2n) is 13.1. The van der Waals surface area contributed by atoms with E-state index in [1.807, 2.05) is 12.2 Å². The van der Waals surface area contributed by atoms with E-state index >= 15 is 0 Å². The number of hydrogen-bond acceptors (Lipinski definition) is 7. The second kappa shape index (κ2) is 38.9. The van der Waals surface area contributed by atoms with Gasteiger partial charge in [-0.05, 0) is 83.5 Å². The van der Waals surface area contributed by atoms with Crippen molar-refractivity contribution in [3.8, 4) is 0 Å². The summed E-state index contributed by atoms with van der Waals surface area (Å²) in [4.78, 5) is 42.8. The van der Waals surface area contributed by atoms with Crippen LogP contribution in [-0.2, 0) is 28.2 Å². The average Bonchev–Trinajstić information content (AvgIpc) is 3.15. The Bertz CT molecular complexity index is 1270. The van der Waals surface area contributed by atoms with Gasteiger partial charge in [-0.25, -0.2) is 4.57 Å². The maximum Gasteiger partial charge on any atom is 0.469 e. The molecule has 0 saturated carbocycles. The highest BCUT2D eigenvalue weighted by Gasteiger charge is 2.22. The standard InChI is InChI=1S/C45H71O9P/c1-3-5-7-9-11-13-15-17-18-19-20-22-24-26-28-30-34-39-45(48)54-43(41-53-55(49,50)51)40-52-44(47)38-35-31-33-37-42(46)36-32-29-27-25-23-21-16-14-12-10-8-6-4-2/h6,8,11-14,17-18,20-23,27,29,31-33,36,42-43,46H,3-5,7,9-10,15-16,19,24-26,28,30,34-35,37-41H2,1-2H3,(H2,49,50,51)/b8-6-,13-11-,14-12-,18-17-,22-20-,23-21-,29-27-,33-31-,36-32-/t42?,43-/m1/s1. The molecule has 9 nitrogen and oxygen atoms in total. The topological polar surface area (TPSA) is 140 Å². The zero-order valence-electron chi connectivity index (χ0n) is 33.6. The number of esters is 2. The molecule has 0 aliphatic rings. The first kappa shape index (κ1) is 51.7. The van der Waals surface area contributed by atoms with Crippen molar-refractivity contribution in [2.75, 3.05) is 13.2 Å². The number of phosphoric acid groups is 1. The minimum absolute atomic E-state index is 0.0488. The van der Waals surface area contributed by atoms with Gasteiger partial charge in [0.2, 0.25) is 0 Å². The fourth-order valence-electron chi connectivity index (χ4n) is 4.84. The van der Waals surface area contributed by atoms with E-state index in [4.69, 9.17) is 19.3 Å². The molecule has 0 aliphatic carbocycles. The molecule has 0 spiro atoms. The van der Waals surface area contributed by atoms with Gasteiger partial charge in [-0.1, -0.05) is 149 Å². The van der Waals surface area contributed by atoms with Gasteiger partial charge in [0.25, 0.3) is 0 Å². The van der Waals surface area contributed by atoms with Crippen molar-refractivity contribution < 1.29 is 43.0 Å². The Kier molecular flexibility index (Phi) is 36.6. The first-order chi connectivity index (χ1) is 26.7. The number of ether oxygens (including phenoxy) is 2. The van der Waals surface area contributed by atoms with Gasteiger partial charge in [0.1, 0.15) is 6.61 Å². The Hall–Kier alpha value is -3.33. The number of rotatable bonds is 35. The number of carbonyl (C=O) groups excluding carboxylic acids is 2. The molecule has 0 aromatic carbocycles. The van der Waals surface area contributed by atoms with Gasteiger partial charge >= 0.3 is 19.8 Å². The van der Waals surface area contributed by atoms with Crippen LogP contribution in [0.4, 0.5) is 0 Å². The second-order valence-corrected chi connectivity index (χ2v) is 14.3. The van der Waals surface area contributed by atoms with Crippen LogP contribution in [0.2, 0.25) is 0 Å². The summed E-state index contributed by atoms with van der Waals surface area (Å²) in [7, 11) is -4.81. The summed E-state index contributed by atoms with van der Waals surface area (Å²) >= 11 is 0. The fraction of sp³-hybridized carbons (Fsp3) is 0.556. The molecule has 55 heavy (non-hydrogen) atoms. The van der Waals surface area contributed by atoms with E-state index in [1.165, 1.54) is 19.3 Å². The lowest BCUT2D eigenvalue weighted by Crippen LogP contribution is -2.29. The summed E-state index contributed by atoms with van der Waals surface area (Å²) in [6.07, 6.45) is 51.2. The predicted molar refractivity (Wildman–Crippen MR) is 226 cm³/mol. The van der Waals surface area contributed by atoms with E-state index in [0.29, 0.717) is 19.3 Å². The van der Waals surface area contributed by atoms with E-state index < -0.39 is 38.6 Å². The van der Waals surface area contributed by atoms with Crippen LogP contribution in [0.5, 0.6) is 0 Å². The summed E-state index contributed by atoms with van der Waals surface area (Å²) in [6.45, 7) is 3.35. The molecule has 1 unspecified atom stereocenters. The number of carbonyl (C=O) groups is 2. The van der Waals surface area contributed by atoms with Crippen LogP contribution in [0.15, 0.2) is 109 Å². The maximum atomic E-state index is 12.4. The Labute approximate surface area is 332 Å². The Morgan fingerprint density at radius 2 is 1.13 bits per heavy atom. The molecular weight excluding hydrogens is 715 g/mol. The molecule has 0 rings (SSSR count). The summed E-state index contributed by atoms with van der Waals surface area (Å²) in [5.41, 5.74) is 0. The fourth-order valence-corrected chi connectivity index (χ4v) is 5.20. The highest BCUT2D eigenvalue weighted by atomic mass is 31.2. The largest absolute Gasteiger partial charge is 0.469 e. The van der Waals surface area contributed by atoms with Crippen molar-refractivity contribution >= 4 is 19.8 Å². The molecule has 310 valence electrons. The van der Waals surface area contributed by atoms with Crippen LogP contribution in [0, 0.1) is 0 Å². The van der Waals surface area contributed by atoms with Gasteiger partial charge in [0.05, 0.1) is 12.7 Å². The van der Waals surface area contributed by atoms with Gasteiger partial charge in [-0.15, -0.1) is 0 Å². The average molecular weight is 787 g/mol. The minimum atomic E-state index is -4.81. The van der Waals surface area contributed by atoms with Gasteiger partial charge in [-0.2, -0.15) is 0 Å². The lowest BCUT2D eigenvalue weighted by Gasteiger charge is -2.18. The van der Waals surface area contributed by atoms with Crippen molar-refractivity contribution in [3.63, 3.8) is 0 Å². The highest BCUT2D eigenvalue weighted by Crippen LogP contribution is 2.36. The maximum absolute atomic E-state index is 12.4. The number of unbranched alkanes of at least 4 members (excludes halogenated alkanes) is 7. The molecular formula is C45H71O9P. The zero-order chi connectivity index (χ0) is 40.5. The molecule has 2 atom stereocenters. The van der Waals surface area contributed by atoms with E-state index in [9.17, 15) is 19.3 Å². The van der Waals surface area contributed by atoms with Crippen LogP contribution in [0.25, 0.3) is 0 Å². The lowest BCUT2D eigenvalue weighted by molar-refractivity contribution is -0.161.